The van der Waals surface area contributed by atoms with Crippen molar-refractivity contribution < 1.29 is 14.4 Å². The maximum absolute atomic E-state index is 12.5. The van der Waals surface area contributed by atoms with E-state index >= 15 is 0 Å². The molecule has 2 fully saturated rings. The molecule has 0 atom stereocenters. The highest BCUT2D eigenvalue weighted by molar-refractivity contribution is 9.10. The fourth-order valence-electron chi connectivity index (χ4n) is 4.80. The lowest BCUT2D eigenvalue weighted by molar-refractivity contribution is -0.122. The number of imide groups is 1. The van der Waals surface area contributed by atoms with Crippen LogP contribution in [0.25, 0.3) is 0 Å². The fraction of sp³-hybridized carbons (Fsp3) is 0.591. The molecule has 156 valence electrons. The Bertz CT molecular complexity index is 798. The molecule has 0 radical (unpaired) electrons. The molecule has 0 unspecified atom stereocenters. The van der Waals surface area contributed by atoms with Crippen LogP contribution in [0.5, 0.6) is 0 Å². The topological polar surface area (TPSA) is 69.7 Å². The van der Waals surface area contributed by atoms with E-state index in [1.165, 1.54) is 37.1 Å². The Morgan fingerprint density at radius 1 is 1.03 bits per heavy atom. The molecule has 1 aromatic rings. The molecule has 2 heterocycles. The minimum Gasteiger partial charge on any atom is -0.353 e. The smallest absolute Gasteiger partial charge is 0.261 e. The van der Waals surface area contributed by atoms with E-state index in [1.807, 2.05) is 0 Å². The standard InChI is InChI=1S/C22H28BrN3O3/c23-16-5-6-18-19(13-16)22(29)26(21(18)28)12-9-20(27)24-17-7-10-25(11-8-17)14-15-3-1-2-4-15/h5-6,13,15,17H,1-4,7-12,14H2,(H,24,27). The third-order valence-electron chi connectivity index (χ3n) is 6.44. The number of fused-ring (bicyclic) bond motifs is 1. The minimum absolute atomic E-state index is 0.0861. The van der Waals surface area contributed by atoms with Gasteiger partial charge in [0, 0.05) is 43.1 Å². The zero-order valence-electron chi connectivity index (χ0n) is 16.7. The van der Waals surface area contributed by atoms with Crippen molar-refractivity contribution in [1.82, 2.24) is 15.1 Å². The Morgan fingerprint density at radius 2 is 1.72 bits per heavy atom. The summed E-state index contributed by atoms with van der Waals surface area (Å²) in [5.41, 5.74) is 0.813. The van der Waals surface area contributed by atoms with Gasteiger partial charge in [-0.3, -0.25) is 19.3 Å². The summed E-state index contributed by atoms with van der Waals surface area (Å²) < 4.78 is 0.760. The summed E-state index contributed by atoms with van der Waals surface area (Å²) >= 11 is 3.33. The molecule has 6 nitrogen and oxygen atoms in total. The summed E-state index contributed by atoms with van der Waals surface area (Å²) in [5, 5.41) is 3.09. The number of benzene rings is 1. The zero-order valence-corrected chi connectivity index (χ0v) is 18.2. The maximum Gasteiger partial charge on any atom is 0.261 e. The number of likely N-dealkylation sites (tertiary alicyclic amines) is 1. The average Bonchev–Trinajstić information content (AvgIpc) is 3.29. The molecular weight excluding hydrogens is 434 g/mol. The van der Waals surface area contributed by atoms with Crippen molar-refractivity contribution in [3.63, 3.8) is 0 Å². The summed E-state index contributed by atoms with van der Waals surface area (Å²) in [4.78, 5) is 41.0. The number of piperidine rings is 1. The molecule has 7 heteroatoms. The van der Waals surface area contributed by atoms with E-state index < -0.39 is 0 Å². The van der Waals surface area contributed by atoms with Crippen LogP contribution in [0.4, 0.5) is 0 Å². The second-order valence-electron chi connectivity index (χ2n) is 8.49. The van der Waals surface area contributed by atoms with E-state index in [0.29, 0.717) is 11.1 Å². The first kappa shape index (κ1) is 20.5. The lowest BCUT2D eigenvalue weighted by Crippen LogP contribution is -2.46. The Labute approximate surface area is 180 Å². The van der Waals surface area contributed by atoms with E-state index in [0.717, 1.165) is 36.3 Å². The number of nitrogens with zero attached hydrogens (tertiary/aromatic N) is 2. The lowest BCUT2D eigenvalue weighted by atomic mass is 10.0. The normalized spacial score (nSPS) is 21.1. The van der Waals surface area contributed by atoms with Crippen LogP contribution in [0.2, 0.25) is 0 Å². The summed E-state index contributed by atoms with van der Waals surface area (Å²) in [6, 6.07) is 5.26. The summed E-state index contributed by atoms with van der Waals surface area (Å²) in [5.74, 6) is 0.142. The number of hydrogen-bond acceptors (Lipinski definition) is 4. The first-order valence-corrected chi connectivity index (χ1v) is 11.5. The van der Waals surface area contributed by atoms with E-state index in [-0.39, 0.29) is 36.7 Å². The molecule has 0 bridgehead atoms. The van der Waals surface area contributed by atoms with Crippen molar-refractivity contribution in [2.45, 2.75) is 51.0 Å². The van der Waals surface area contributed by atoms with Gasteiger partial charge in [-0.15, -0.1) is 0 Å². The van der Waals surface area contributed by atoms with Gasteiger partial charge in [-0.05, 0) is 49.8 Å². The molecule has 1 N–H and O–H groups in total. The summed E-state index contributed by atoms with van der Waals surface area (Å²) in [6.45, 7) is 3.40. The van der Waals surface area contributed by atoms with Gasteiger partial charge in [0.1, 0.15) is 0 Å². The van der Waals surface area contributed by atoms with Gasteiger partial charge < -0.3 is 10.2 Å². The van der Waals surface area contributed by atoms with Crippen LogP contribution < -0.4 is 5.32 Å². The van der Waals surface area contributed by atoms with Crippen LogP contribution in [-0.4, -0.2) is 59.7 Å². The number of hydrogen-bond donors (Lipinski definition) is 1. The Morgan fingerprint density at radius 3 is 2.45 bits per heavy atom. The molecule has 3 aliphatic rings. The number of nitrogens with one attached hydrogen (secondary N) is 1. The average molecular weight is 462 g/mol. The van der Waals surface area contributed by atoms with Gasteiger partial charge in [0.15, 0.2) is 0 Å². The van der Waals surface area contributed by atoms with Gasteiger partial charge in [-0.1, -0.05) is 28.8 Å². The molecule has 1 saturated carbocycles. The number of rotatable bonds is 6. The second-order valence-corrected chi connectivity index (χ2v) is 9.41. The van der Waals surface area contributed by atoms with Crippen LogP contribution in [0, 0.1) is 5.92 Å². The van der Waals surface area contributed by atoms with Crippen LogP contribution in [0.15, 0.2) is 22.7 Å². The van der Waals surface area contributed by atoms with E-state index in [2.05, 4.69) is 26.1 Å². The van der Waals surface area contributed by atoms with Crippen LogP contribution in [0.1, 0.15) is 65.7 Å². The number of carbonyl (C=O) groups excluding carboxylic acids is 3. The molecule has 29 heavy (non-hydrogen) atoms. The van der Waals surface area contributed by atoms with E-state index in [4.69, 9.17) is 0 Å². The van der Waals surface area contributed by atoms with Crippen LogP contribution in [0.3, 0.4) is 0 Å². The molecule has 2 aliphatic heterocycles. The SMILES string of the molecule is O=C(CCN1C(=O)c2ccc(Br)cc2C1=O)NC1CCN(CC2CCCC2)CC1. The maximum atomic E-state index is 12.5. The van der Waals surface area contributed by atoms with Crippen molar-refractivity contribution in [1.29, 1.82) is 0 Å². The van der Waals surface area contributed by atoms with Crippen molar-refractivity contribution >= 4 is 33.7 Å². The third kappa shape index (κ3) is 4.72. The Hall–Kier alpha value is -1.73. The number of halogens is 1. The molecule has 3 amide bonds. The van der Waals surface area contributed by atoms with Gasteiger partial charge in [0.25, 0.3) is 11.8 Å². The predicted octanol–water partition coefficient (Wildman–Crippen LogP) is 3.21. The molecule has 1 saturated heterocycles. The molecule has 0 spiro atoms. The monoisotopic (exact) mass is 461 g/mol. The highest BCUT2D eigenvalue weighted by Gasteiger charge is 2.35. The van der Waals surface area contributed by atoms with Crippen molar-refractivity contribution in [2.75, 3.05) is 26.2 Å². The molecule has 0 aromatic heterocycles. The summed E-state index contributed by atoms with van der Waals surface area (Å²) in [7, 11) is 0. The van der Waals surface area contributed by atoms with Crippen molar-refractivity contribution in [3.05, 3.63) is 33.8 Å². The molecule has 4 rings (SSSR count). The minimum atomic E-state index is -0.320. The van der Waals surface area contributed by atoms with Crippen LogP contribution >= 0.6 is 15.9 Å². The van der Waals surface area contributed by atoms with Crippen molar-refractivity contribution in [3.8, 4) is 0 Å². The van der Waals surface area contributed by atoms with Gasteiger partial charge in [-0.2, -0.15) is 0 Å². The lowest BCUT2D eigenvalue weighted by Gasteiger charge is -2.34. The third-order valence-corrected chi connectivity index (χ3v) is 6.93. The molecule has 1 aromatic carbocycles. The highest BCUT2D eigenvalue weighted by Crippen LogP contribution is 2.27. The Kier molecular flexibility index (Phi) is 6.35. The summed E-state index contributed by atoms with van der Waals surface area (Å²) in [6.07, 6.45) is 7.58. The second kappa shape index (κ2) is 8.96. The number of carbonyl (C=O) groups is 3. The fourth-order valence-corrected chi connectivity index (χ4v) is 5.16. The first-order valence-electron chi connectivity index (χ1n) is 10.7. The molecule has 1 aliphatic carbocycles. The van der Waals surface area contributed by atoms with Crippen LogP contribution in [-0.2, 0) is 4.79 Å². The quantitative estimate of drug-likeness (QED) is 0.660. The van der Waals surface area contributed by atoms with Crippen molar-refractivity contribution in [2.24, 2.45) is 5.92 Å². The highest BCUT2D eigenvalue weighted by atomic mass is 79.9. The van der Waals surface area contributed by atoms with E-state index in [9.17, 15) is 14.4 Å². The Balaban J connectivity index is 1.21. The first-order chi connectivity index (χ1) is 14.0. The number of amides is 3. The van der Waals surface area contributed by atoms with Gasteiger partial charge >= 0.3 is 0 Å². The predicted molar refractivity (Wildman–Crippen MR) is 114 cm³/mol. The van der Waals surface area contributed by atoms with Gasteiger partial charge in [0.2, 0.25) is 5.91 Å². The van der Waals surface area contributed by atoms with E-state index in [1.54, 1.807) is 18.2 Å². The zero-order chi connectivity index (χ0) is 20.4. The molecular formula is C22H28BrN3O3. The van der Waals surface area contributed by atoms with Gasteiger partial charge in [0.05, 0.1) is 11.1 Å². The van der Waals surface area contributed by atoms with Gasteiger partial charge in [-0.25, -0.2) is 0 Å². The largest absolute Gasteiger partial charge is 0.353 e.